The van der Waals surface area contributed by atoms with Gasteiger partial charge in [-0.05, 0) is 38.5 Å². The summed E-state index contributed by atoms with van der Waals surface area (Å²) >= 11 is 0. The van der Waals surface area contributed by atoms with Crippen molar-refractivity contribution in [3.63, 3.8) is 0 Å². The average Bonchev–Trinajstić information content (AvgIpc) is 2.94. The van der Waals surface area contributed by atoms with Crippen molar-refractivity contribution in [2.75, 3.05) is 13.2 Å². The van der Waals surface area contributed by atoms with Crippen LogP contribution in [0.25, 0.3) is 0 Å². The van der Waals surface area contributed by atoms with Crippen molar-refractivity contribution in [3.05, 3.63) is 12.2 Å². The first kappa shape index (κ1) is 38.6. The molecule has 0 bridgehead atoms. The van der Waals surface area contributed by atoms with Crippen LogP contribution >= 0.6 is 0 Å². The molecule has 234 valence electrons. The van der Waals surface area contributed by atoms with E-state index in [-0.39, 0.29) is 6.04 Å². The van der Waals surface area contributed by atoms with Crippen molar-refractivity contribution in [2.45, 2.75) is 206 Å². The lowest BCUT2D eigenvalue weighted by Gasteiger charge is -2.18. The van der Waals surface area contributed by atoms with Gasteiger partial charge in [-0.3, -0.25) is 0 Å². The van der Waals surface area contributed by atoms with Gasteiger partial charge in [0.2, 0.25) is 0 Å². The van der Waals surface area contributed by atoms with E-state index >= 15 is 0 Å². The van der Waals surface area contributed by atoms with Crippen LogP contribution in [0.4, 0.5) is 0 Å². The lowest BCUT2D eigenvalue weighted by molar-refractivity contribution is 0.0560. The molecule has 2 atom stereocenters. The molecule has 0 aromatic heterocycles. The second-order valence-electron chi connectivity index (χ2n) is 12.3. The first-order valence-corrected chi connectivity index (χ1v) is 17.9. The molecule has 3 heteroatoms. The van der Waals surface area contributed by atoms with E-state index < -0.39 is 6.10 Å². The summed E-state index contributed by atoms with van der Waals surface area (Å²) in [5, 5.41) is 10.3. The van der Waals surface area contributed by atoms with E-state index in [1.54, 1.807) is 0 Å². The molecule has 0 aliphatic rings. The van der Waals surface area contributed by atoms with E-state index in [1.165, 1.54) is 161 Å². The molecule has 3 nitrogen and oxygen atoms in total. The molecule has 0 radical (unpaired) electrons. The molecular weight excluding hydrogens is 478 g/mol. The highest BCUT2D eigenvalue weighted by Gasteiger charge is 2.14. The molecular formula is C36H73NO2. The molecule has 0 rings (SSSR count). The number of aliphatic hydroxyl groups is 1. The zero-order chi connectivity index (χ0) is 28.5. The van der Waals surface area contributed by atoms with Gasteiger partial charge in [0.25, 0.3) is 0 Å². The lowest BCUT2D eigenvalue weighted by atomic mass is 10.0. The van der Waals surface area contributed by atoms with Gasteiger partial charge in [0, 0.05) is 6.61 Å². The molecule has 0 saturated carbocycles. The first-order chi connectivity index (χ1) is 19.2. The highest BCUT2D eigenvalue weighted by atomic mass is 16.5. The minimum atomic E-state index is -0.419. The van der Waals surface area contributed by atoms with Crippen LogP contribution in [0.15, 0.2) is 12.2 Å². The maximum atomic E-state index is 10.3. The molecule has 0 aromatic carbocycles. The molecule has 2 unspecified atom stereocenters. The smallest absolute Gasteiger partial charge is 0.0713 e. The fourth-order valence-electron chi connectivity index (χ4n) is 5.37. The third-order valence-electron chi connectivity index (χ3n) is 8.21. The number of hydrogen-bond donors (Lipinski definition) is 2. The molecule has 3 N–H and O–H groups in total. The van der Waals surface area contributed by atoms with Crippen LogP contribution in [-0.2, 0) is 4.74 Å². The Bertz CT molecular complexity index is 467. The zero-order valence-electron chi connectivity index (χ0n) is 27.0. The predicted octanol–water partition coefficient (Wildman–Crippen LogP) is 11.2. The van der Waals surface area contributed by atoms with Crippen LogP contribution in [0, 0.1) is 0 Å². The third kappa shape index (κ3) is 32.0. The maximum absolute atomic E-state index is 10.3. The summed E-state index contributed by atoms with van der Waals surface area (Å²) in [4.78, 5) is 0. The molecule has 39 heavy (non-hydrogen) atoms. The second-order valence-corrected chi connectivity index (χ2v) is 12.3. The van der Waals surface area contributed by atoms with Crippen molar-refractivity contribution < 1.29 is 9.84 Å². The summed E-state index contributed by atoms with van der Waals surface area (Å²) in [5.74, 6) is 0. The van der Waals surface area contributed by atoms with Gasteiger partial charge in [-0.15, -0.1) is 0 Å². The van der Waals surface area contributed by atoms with Crippen LogP contribution in [-0.4, -0.2) is 30.5 Å². The van der Waals surface area contributed by atoms with Crippen molar-refractivity contribution in [2.24, 2.45) is 5.73 Å². The molecule has 0 aliphatic heterocycles. The Hall–Kier alpha value is -0.380. The quantitative estimate of drug-likeness (QED) is 0.0630. The lowest BCUT2D eigenvalue weighted by Crippen LogP contribution is -2.38. The number of hydrogen-bond acceptors (Lipinski definition) is 3. The SMILES string of the molecule is CCCCCCCCC=CCCCCCCCCOCC(N)C(O)CCCCCCCCCCCCCCC. The summed E-state index contributed by atoms with van der Waals surface area (Å²) in [6, 6.07) is -0.239. The van der Waals surface area contributed by atoms with Gasteiger partial charge in [-0.1, -0.05) is 167 Å². The number of allylic oxidation sites excluding steroid dienone is 2. The van der Waals surface area contributed by atoms with Crippen LogP contribution in [0.2, 0.25) is 0 Å². The standard InChI is InChI=1S/C36H73NO2/c1-3-5-7-9-11-13-15-17-18-19-21-23-25-27-29-31-33-39-34-35(37)36(38)32-30-28-26-24-22-20-16-14-12-10-8-6-4-2/h17-18,35-36,38H,3-16,19-34,37H2,1-2H3. The molecule has 0 aromatic rings. The summed E-state index contributed by atoms with van der Waals surface area (Å²) in [6.45, 7) is 5.83. The average molecular weight is 552 g/mol. The number of rotatable bonds is 33. The van der Waals surface area contributed by atoms with E-state index in [0.29, 0.717) is 6.61 Å². The summed E-state index contributed by atoms with van der Waals surface area (Å²) in [7, 11) is 0. The molecule has 0 amide bonds. The number of ether oxygens (including phenoxy) is 1. The fourth-order valence-corrected chi connectivity index (χ4v) is 5.37. The second kappa shape index (κ2) is 33.8. The molecule has 0 saturated heterocycles. The number of aliphatic hydroxyl groups excluding tert-OH is 1. The predicted molar refractivity (Wildman–Crippen MR) is 175 cm³/mol. The van der Waals surface area contributed by atoms with E-state index in [4.69, 9.17) is 10.5 Å². The van der Waals surface area contributed by atoms with E-state index in [2.05, 4.69) is 26.0 Å². The molecule has 0 fully saturated rings. The van der Waals surface area contributed by atoms with Crippen LogP contribution in [0.5, 0.6) is 0 Å². The van der Waals surface area contributed by atoms with Gasteiger partial charge in [-0.25, -0.2) is 0 Å². The van der Waals surface area contributed by atoms with Gasteiger partial charge in [0.1, 0.15) is 0 Å². The maximum Gasteiger partial charge on any atom is 0.0713 e. The first-order valence-electron chi connectivity index (χ1n) is 17.9. The van der Waals surface area contributed by atoms with E-state index in [0.717, 1.165) is 25.9 Å². The van der Waals surface area contributed by atoms with Gasteiger partial charge in [0.15, 0.2) is 0 Å². The highest BCUT2D eigenvalue weighted by Crippen LogP contribution is 2.14. The highest BCUT2D eigenvalue weighted by molar-refractivity contribution is 4.81. The van der Waals surface area contributed by atoms with Crippen molar-refractivity contribution in [1.29, 1.82) is 0 Å². The van der Waals surface area contributed by atoms with Crippen molar-refractivity contribution in [3.8, 4) is 0 Å². The summed E-state index contributed by atoms with van der Waals surface area (Å²) < 4.78 is 5.76. The van der Waals surface area contributed by atoms with Gasteiger partial charge in [-0.2, -0.15) is 0 Å². The van der Waals surface area contributed by atoms with Crippen LogP contribution in [0.3, 0.4) is 0 Å². The van der Waals surface area contributed by atoms with Crippen LogP contribution < -0.4 is 5.73 Å². The Labute approximate surface area is 246 Å². The Morgan fingerprint density at radius 3 is 1.31 bits per heavy atom. The Kier molecular flexibility index (Phi) is 33.5. The topological polar surface area (TPSA) is 55.5 Å². The number of nitrogens with two attached hydrogens (primary N) is 1. The summed E-state index contributed by atoms with van der Waals surface area (Å²) in [5.41, 5.74) is 6.16. The largest absolute Gasteiger partial charge is 0.391 e. The van der Waals surface area contributed by atoms with E-state index in [9.17, 15) is 5.11 Å². The Morgan fingerprint density at radius 1 is 0.513 bits per heavy atom. The zero-order valence-corrected chi connectivity index (χ0v) is 27.0. The fraction of sp³-hybridized carbons (Fsp3) is 0.944. The Balaban J connectivity index is 3.30. The van der Waals surface area contributed by atoms with Gasteiger partial charge in [0.05, 0.1) is 18.8 Å². The van der Waals surface area contributed by atoms with Crippen molar-refractivity contribution in [1.82, 2.24) is 0 Å². The van der Waals surface area contributed by atoms with Gasteiger partial charge >= 0.3 is 0 Å². The Morgan fingerprint density at radius 2 is 0.872 bits per heavy atom. The normalized spacial score (nSPS) is 13.4. The molecule has 0 heterocycles. The number of unbranched alkanes of at least 4 members (excludes halogenated alkanes) is 24. The van der Waals surface area contributed by atoms with Crippen LogP contribution in [0.1, 0.15) is 194 Å². The minimum absolute atomic E-state index is 0.239. The minimum Gasteiger partial charge on any atom is -0.391 e. The summed E-state index contributed by atoms with van der Waals surface area (Å²) in [6.07, 6.45) is 41.3. The van der Waals surface area contributed by atoms with Gasteiger partial charge < -0.3 is 15.6 Å². The van der Waals surface area contributed by atoms with E-state index in [1.807, 2.05) is 0 Å². The monoisotopic (exact) mass is 552 g/mol. The third-order valence-corrected chi connectivity index (χ3v) is 8.21. The molecule has 0 spiro atoms. The van der Waals surface area contributed by atoms with Crippen molar-refractivity contribution >= 4 is 0 Å². The molecule has 0 aliphatic carbocycles.